The number of carbonyl (C=O) groups is 1. The summed E-state index contributed by atoms with van der Waals surface area (Å²) < 4.78 is 13.6. The molecule has 5 aromatic rings. The molecule has 0 unspecified atom stereocenters. The Bertz CT molecular complexity index is 2550. The van der Waals surface area contributed by atoms with E-state index in [2.05, 4.69) is 63.8 Å². The van der Waals surface area contributed by atoms with E-state index in [9.17, 15) is 24.9 Å². The van der Waals surface area contributed by atoms with Crippen molar-refractivity contribution in [2.75, 3.05) is 44.2 Å². The van der Waals surface area contributed by atoms with Gasteiger partial charge in [-0.1, -0.05) is 39.3 Å². The van der Waals surface area contributed by atoms with Gasteiger partial charge in [0, 0.05) is 66.9 Å². The number of nitriles is 2. The minimum absolute atomic E-state index is 0.147. The Labute approximate surface area is 347 Å². The number of nitrogens with one attached hydrogen (secondary N) is 2. The number of aromatic nitrogens is 4. The summed E-state index contributed by atoms with van der Waals surface area (Å²) in [5.74, 6) is 1.97. The molecule has 2 fully saturated rings. The van der Waals surface area contributed by atoms with E-state index < -0.39 is 11.2 Å². The standard InChI is InChI=1S/C44H46ClN9O5/c1-43(2)40(44(3,4)41(43)59-34-10-8-28(23-46)35(45)22-34)50-38(55)29-9-13-37(49-25-29)53-17-15-52(16-18-53)14-6-5-7-19-58-33-11-12-36-30(21-33)20-32(26-48-36)54-27-31(24-47)39(56)51-42(54)57/h8-13,20-22,25-27,40-41H,5-7,14-19H2,1-4H3,(H,50,55)(H,51,56,57)/t40-,41-. The van der Waals surface area contributed by atoms with Crippen molar-refractivity contribution in [1.29, 1.82) is 10.5 Å². The van der Waals surface area contributed by atoms with Crippen molar-refractivity contribution in [1.82, 2.24) is 29.7 Å². The number of ether oxygens (including phenoxy) is 2. The van der Waals surface area contributed by atoms with E-state index in [1.54, 1.807) is 36.5 Å². The molecule has 0 radical (unpaired) electrons. The van der Waals surface area contributed by atoms with Gasteiger partial charge in [0.2, 0.25) is 0 Å². The van der Waals surface area contributed by atoms with Crippen LogP contribution in [0.15, 0.2) is 82.8 Å². The minimum atomic E-state index is -0.726. The minimum Gasteiger partial charge on any atom is -0.494 e. The van der Waals surface area contributed by atoms with Gasteiger partial charge in [-0.2, -0.15) is 10.5 Å². The highest BCUT2D eigenvalue weighted by Gasteiger charge is 2.64. The summed E-state index contributed by atoms with van der Waals surface area (Å²) in [5.41, 5.74) is -0.216. The van der Waals surface area contributed by atoms with Crippen molar-refractivity contribution in [2.45, 2.75) is 59.1 Å². The predicted molar refractivity (Wildman–Crippen MR) is 224 cm³/mol. The number of nitrogens with zero attached hydrogens (tertiary/aromatic N) is 7. The number of hydrogen-bond donors (Lipinski definition) is 2. The molecule has 1 saturated carbocycles. The summed E-state index contributed by atoms with van der Waals surface area (Å²) in [6.45, 7) is 13.5. The Balaban J connectivity index is 0.824. The molecule has 2 N–H and O–H groups in total. The quantitative estimate of drug-likeness (QED) is 0.136. The van der Waals surface area contributed by atoms with Crippen molar-refractivity contribution >= 4 is 34.2 Å². The molecule has 1 aliphatic carbocycles. The Kier molecular flexibility index (Phi) is 11.8. The fourth-order valence-corrected chi connectivity index (χ4v) is 8.80. The molecule has 0 spiro atoms. The third-order valence-electron chi connectivity index (χ3n) is 11.5. The normalized spacial score (nSPS) is 18.3. The summed E-state index contributed by atoms with van der Waals surface area (Å²) in [7, 11) is 0. The van der Waals surface area contributed by atoms with E-state index in [0.717, 1.165) is 68.7 Å². The van der Waals surface area contributed by atoms with Gasteiger partial charge in [0.05, 0.1) is 40.2 Å². The second-order valence-electron chi connectivity index (χ2n) is 16.3. The molecule has 0 bridgehead atoms. The van der Waals surface area contributed by atoms with Crippen LogP contribution in [0.4, 0.5) is 5.82 Å². The Morgan fingerprint density at radius 2 is 1.64 bits per heavy atom. The van der Waals surface area contributed by atoms with E-state index >= 15 is 0 Å². The topological polar surface area (TPSA) is 182 Å². The van der Waals surface area contributed by atoms with Crippen LogP contribution in [0.1, 0.15) is 68.4 Å². The lowest BCUT2D eigenvalue weighted by atomic mass is 9.49. The van der Waals surface area contributed by atoms with Crippen LogP contribution >= 0.6 is 11.6 Å². The van der Waals surface area contributed by atoms with E-state index in [1.165, 1.54) is 17.0 Å². The Morgan fingerprint density at radius 3 is 2.34 bits per heavy atom. The molecule has 304 valence electrons. The molecular weight excluding hydrogens is 770 g/mol. The molecule has 3 aromatic heterocycles. The second-order valence-corrected chi connectivity index (χ2v) is 16.7. The van der Waals surface area contributed by atoms with E-state index in [4.69, 9.17) is 21.1 Å². The number of piperazine rings is 1. The molecule has 59 heavy (non-hydrogen) atoms. The highest BCUT2D eigenvalue weighted by molar-refractivity contribution is 6.31. The lowest BCUT2D eigenvalue weighted by Crippen LogP contribution is -2.74. The van der Waals surface area contributed by atoms with Gasteiger partial charge in [0.25, 0.3) is 11.5 Å². The van der Waals surface area contributed by atoms with Gasteiger partial charge in [-0.05, 0) is 74.3 Å². The number of H-pyrrole nitrogens is 1. The summed E-state index contributed by atoms with van der Waals surface area (Å²) in [5, 5.41) is 22.8. The fraction of sp³-hybridized carbons (Fsp3) is 0.386. The van der Waals surface area contributed by atoms with Gasteiger partial charge in [0.1, 0.15) is 41.1 Å². The van der Waals surface area contributed by atoms with Crippen LogP contribution in [0.2, 0.25) is 5.02 Å². The van der Waals surface area contributed by atoms with Gasteiger partial charge >= 0.3 is 5.69 Å². The number of halogens is 1. The van der Waals surface area contributed by atoms with Crippen molar-refractivity contribution < 1.29 is 14.3 Å². The Hall–Kier alpha value is -6.22. The number of amides is 1. The lowest BCUT2D eigenvalue weighted by Gasteiger charge is -2.63. The van der Waals surface area contributed by atoms with Gasteiger partial charge in [-0.3, -0.25) is 29.0 Å². The third-order valence-corrected chi connectivity index (χ3v) is 11.8. The number of rotatable bonds is 13. The summed E-state index contributed by atoms with van der Waals surface area (Å²) >= 11 is 6.24. The first-order chi connectivity index (χ1) is 28.3. The maximum absolute atomic E-state index is 13.4. The zero-order valence-corrected chi connectivity index (χ0v) is 34.3. The van der Waals surface area contributed by atoms with E-state index in [-0.39, 0.29) is 34.4 Å². The average molecular weight is 816 g/mol. The van der Waals surface area contributed by atoms with Crippen LogP contribution in [-0.2, 0) is 0 Å². The van der Waals surface area contributed by atoms with Crippen LogP contribution < -0.4 is 30.9 Å². The smallest absolute Gasteiger partial charge is 0.333 e. The number of benzene rings is 2. The zero-order chi connectivity index (χ0) is 41.9. The van der Waals surface area contributed by atoms with Crippen molar-refractivity contribution in [3.05, 3.63) is 116 Å². The summed E-state index contributed by atoms with van der Waals surface area (Å²) in [4.78, 5) is 53.6. The molecule has 1 aliphatic heterocycles. The number of fused-ring (bicyclic) bond motifs is 1. The summed E-state index contributed by atoms with van der Waals surface area (Å²) in [6.07, 6.45) is 7.18. The molecule has 2 aromatic carbocycles. The monoisotopic (exact) mass is 815 g/mol. The lowest BCUT2D eigenvalue weighted by molar-refractivity contribution is -0.164. The first kappa shape index (κ1) is 41.0. The SMILES string of the molecule is CC1(C)[C@H](NC(=O)c2ccc(N3CCN(CCCCCOc4ccc5ncc(-n6cc(C#N)c(=O)[nH]c6=O)cc5c4)CC3)nc2)C(C)(C)[C@H]1Oc1ccc(C#N)c(Cl)c1. The van der Waals surface area contributed by atoms with E-state index in [1.807, 2.05) is 30.3 Å². The first-order valence-electron chi connectivity index (χ1n) is 19.7. The van der Waals surface area contributed by atoms with Crippen LogP contribution in [0, 0.1) is 33.5 Å². The van der Waals surface area contributed by atoms with Crippen LogP contribution in [0.3, 0.4) is 0 Å². The van der Waals surface area contributed by atoms with Crippen LogP contribution in [0.25, 0.3) is 16.6 Å². The van der Waals surface area contributed by atoms with Gasteiger partial charge in [-0.25, -0.2) is 9.78 Å². The highest BCUT2D eigenvalue weighted by atomic mass is 35.5. The maximum Gasteiger partial charge on any atom is 0.333 e. The van der Waals surface area contributed by atoms with Crippen LogP contribution in [-0.4, -0.2) is 81.8 Å². The molecule has 14 nitrogen and oxygen atoms in total. The largest absolute Gasteiger partial charge is 0.494 e. The third kappa shape index (κ3) is 8.65. The molecule has 4 heterocycles. The first-order valence-corrected chi connectivity index (χ1v) is 20.1. The molecule has 7 rings (SSSR count). The van der Waals surface area contributed by atoms with Gasteiger partial charge in [0.15, 0.2) is 0 Å². The Morgan fingerprint density at radius 1 is 0.898 bits per heavy atom. The number of aromatic amines is 1. The van der Waals surface area contributed by atoms with Crippen molar-refractivity contribution in [3.63, 3.8) is 0 Å². The molecule has 0 atom stereocenters. The molecular formula is C44H46ClN9O5. The van der Waals surface area contributed by atoms with Crippen LogP contribution in [0.5, 0.6) is 11.5 Å². The number of unbranched alkanes of at least 4 members (excludes halogenated alkanes) is 2. The highest BCUT2D eigenvalue weighted by Crippen LogP contribution is 2.55. The van der Waals surface area contributed by atoms with Crippen molar-refractivity contribution in [3.8, 4) is 29.3 Å². The molecule has 1 saturated heterocycles. The van der Waals surface area contributed by atoms with Gasteiger partial charge < -0.3 is 19.7 Å². The van der Waals surface area contributed by atoms with Gasteiger partial charge in [-0.15, -0.1) is 0 Å². The number of anilines is 1. The zero-order valence-electron chi connectivity index (χ0n) is 33.5. The maximum atomic E-state index is 13.4. The average Bonchev–Trinajstić information content (AvgIpc) is 3.23. The molecule has 1 amide bonds. The second kappa shape index (κ2) is 16.9. The summed E-state index contributed by atoms with van der Waals surface area (Å²) in [6, 6.07) is 19.9. The number of carbonyl (C=O) groups excluding carboxylic acids is 1. The molecule has 15 heteroatoms. The molecule has 2 aliphatic rings. The number of pyridine rings is 2. The van der Waals surface area contributed by atoms with Crippen molar-refractivity contribution in [2.24, 2.45) is 10.8 Å². The predicted octanol–water partition coefficient (Wildman–Crippen LogP) is 5.85. The van der Waals surface area contributed by atoms with E-state index in [0.29, 0.717) is 39.9 Å². The fourth-order valence-electron chi connectivity index (χ4n) is 8.58. The number of hydrogen-bond acceptors (Lipinski definition) is 11.